The van der Waals surface area contributed by atoms with Crippen LogP contribution in [0.2, 0.25) is 0 Å². The van der Waals surface area contributed by atoms with E-state index >= 15 is 0 Å². The quantitative estimate of drug-likeness (QED) is 0.668. The van der Waals surface area contributed by atoms with Gasteiger partial charge in [-0.25, -0.2) is 17.2 Å². The molecular weight excluding hydrogens is 418 g/mol. The zero-order chi connectivity index (χ0) is 19.6. The van der Waals surface area contributed by atoms with Crippen LogP contribution in [0.3, 0.4) is 0 Å². The minimum atomic E-state index is -3.94. The van der Waals surface area contributed by atoms with Gasteiger partial charge >= 0.3 is 0 Å². The smallest absolute Gasteiger partial charge is 0.243 e. The standard InChI is InChI=1S/C15H16F2N4O3S3/c1-10(26-15-19-18-9-25-15)14(22)20-4-6-21(7-5-20)27(23,24)11-2-3-12(16)13(17)8-11/h2-3,8-10H,4-7H2,1H3/t10-/m1/s1. The molecule has 1 fully saturated rings. The molecule has 7 nitrogen and oxygen atoms in total. The lowest BCUT2D eigenvalue weighted by Gasteiger charge is -2.35. The summed E-state index contributed by atoms with van der Waals surface area (Å²) in [5.41, 5.74) is 1.58. The molecule has 0 spiro atoms. The number of carbonyl (C=O) groups is 1. The maximum absolute atomic E-state index is 13.4. The van der Waals surface area contributed by atoms with E-state index in [2.05, 4.69) is 10.2 Å². The summed E-state index contributed by atoms with van der Waals surface area (Å²) in [6, 6.07) is 2.49. The third-order valence-electron chi connectivity index (χ3n) is 4.04. The van der Waals surface area contributed by atoms with Crippen molar-refractivity contribution in [2.24, 2.45) is 0 Å². The van der Waals surface area contributed by atoms with Crippen molar-refractivity contribution < 1.29 is 22.0 Å². The molecule has 1 aromatic carbocycles. The number of sulfonamides is 1. The molecule has 1 amide bonds. The first kappa shape index (κ1) is 20.1. The summed E-state index contributed by atoms with van der Waals surface area (Å²) in [7, 11) is -3.94. The minimum Gasteiger partial charge on any atom is -0.339 e. The Morgan fingerprint density at radius 2 is 1.93 bits per heavy atom. The van der Waals surface area contributed by atoms with E-state index in [1.165, 1.54) is 27.4 Å². The molecule has 2 heterocycles. The summed E-state index contributed by atoms with van der Waals surface area (Å²) in [6.45, 7) is 2.39. The highest BCUT2D eigenvalue weighted by Gasteiger charge is 2.32. The van der Waals surface area contributed by atoms with Gasteiger partial charge in [0, 0.05) is 26.2 Å². The zero-order valence-corrected chi connectivity index (χ0v) is 16.7. The normalized spacial score (nSPS) is 17.1. The van der Waals surface area contributed by atoms with Crippen LogP contribution in [0, 0.1) is 11.6 Å². The van der Waals surface area contributed by atoms with Crippen molar-refractivity contribution in [3.63, 3.8) is 0 Å². The fourth-order valence-electron chi connectivity index (χ4n) is 2.61. The Bertz CT molecular complexity index is 916. The molecule has 2 aromatic rings. The fraction of sp³-hybridized carbons (Fsp3) is 0.400. The molecule has 1 aliphatic heterocycles. The molecule has 0 radical (unpaired) electrons. The van der Waals surface area contributed by atoms with Gasteiger partial charge in [0.05, 0.1) is 10.1 Å². The van der Waals surface area contributed by atoms with Crippen LogP contribution in [0.5, 0.6) is 0 Å². The molecule has 12 heteroatoms. The minimum absolute atomic E-state index is 0.0866. The average molecular weight is 435 g/mol. The number of rotatable bonds is 5. The van der Waals surface area contributed by atoms with Gasteiger partial charge in [-0.05, 0) is 25.1 Å². The van der Waals surface area contributed by atoms with Crippen LogP contribution in [0.25, 0.3) is 0 Å². The summed E-state index contributed by atoms with van der Waals surface area (Å²) in [5.74, 6) is -2.43. The lowest BCUT2D eigenvalue weighted by molar-refractivity contribution is -0.131. The number of aromatic nitrogens is 2. The van der Waals surface area contributed by atoms with Gasteiger partial charge in [-0.3, -0.25) is 4.79 Å². The monoisotopic (exact) mass is 434 g/mol. The Kier molecular flexibility index (Phi) is 6.08. The summed E-state index contributed by atoms with van der Waals surface area (Å²) in [6.07, 6.45) is 0. The SMILES string of the molecule is C[C@@H](Sc1nncs1)C(=O)N1CCN(S(=O)(=O)c2ccc(F)c(F)c2)CC1. The first-order chi connectivity index (χ1) is 12.8. The third-order valence-corrected chi connectivity index (χ3v) is 7.84. The number of hydrogen-bond donors (Lipinski definition) is 0. The van der Waals surface area contributed by atoms with Crippen LogP contribution in [0.4, 0.5) is 8.78 Å². The molecule has 1 aromatic heterocycles. The zero-order valence-electron chi connectivity index (χ0n) is 14.2. The Hall–Kier alpha value is -1.63. The van der Waals surface area contributed by atoms with E-state index in [9.17, 15) is 22.0 Å². The van der Waals surface area contributed by atoms with Crippen LogP contribution >= 0.6 is 23.1 Å². The number of thioether (sulfide) groups is 1. The number of nitrogens with zero attached hydrogens (tertiary/aromatic N) is 4. The van der Waals surface area contributed by atoms with E-state index in [0.29, 0.717) is 10.4 Å². The van der Waals surface area contributed by atoms with Gasteiger partial charge < -0.3 is 4.90 Å². The second kappa shape index (κ2) is 8.17. The van der Waals surface area contributed by atoms with Crippen LogP contribution in [-0.4, -0.2) is 65.2 Å². The van der Waals surface area contributed by atoms with Gasteiger partial charge in [0.25, 0.3) is 0 Å². The molecule has 1 saturated heterocycles. The third kappa shape index (κ3) is 4.45. The number of amides is 1. The topological polar surface area (TPSA) is 83.5 Å². The lowest BCUT2D eigenvalue weighted by Crippen LogP contribution is -2.52. The van der Waals surface area contributed by atoms with E-state index in [-0.39, 0.29) is 42.2 Å². The molecule has 0 unspecified atom stereocenters. The lowest BCUT2D eigenvalue weighted by atomic mass is 10.3. The Morgan fingerprint density at radius 3 is 2.52 bits per heavy atom. The average Bonchev–Trinajstić information content (AvgIpc) is 3.16. The summed E-state index contributed by atoms with van der Waals surface area (Å²) < 4.78 is 53.4. The fourth-order valence-corrected chi connectivity index (χ4v) is 5.75. The molecule has 1 atom stereocenters. The van der Waals surface area contributed by atoms with Crippen molar-refractivity contribution in [2.45, 2.75) is 21.4 Å². The van der Waals surface area contributed by atoms with E-state index in [1.807, 2.05) is 0 Å². The highest BCUT2D eigenvalue weighted by Crippen LogP contribution is 2.26. The summed E-state index contributed by atoms with van der Waals surface area (Å²) in [4.78, 5) is 13.8. The van der Waals surface area contributed by atoms with E-state index in [1.54, 1.807) is 17.3 Å². The van der Waals surface area contributed by atoms with Crippen molar-refractivity contribution >= 4 is 39.0 Å². The van der Waals surface area contributed by atoms with Gasteiger partial charge in [-0.1, -0.05) is 23.1 Å². The van der Waals surface area contributed by atoms with Crippen molar-refractivity contribution in [3.8, 4) is 0 Å². The number of benzene rings is 1. The first-order valence-electron chi connectivity index (χ1n) is 7.96. The summed E-state index contributed by atoms with van der Waals surface area (Å²) in [5, 5.41) is 7.25. The molecular formula is C15H16F2N4O3S3. The van der Waals surface area contributed by atoms with Gasteiger partial charge in [0.2, 0.25) is 15.9 Å². The van der Waals surface area contributed by atoms with Gasteiger partial charge in [0.1, 0.15) is 5.51 Å². The Labute approximate surface area is 163 Å². The van der Waals surface area contributed by atoms with Crippen LogP contribution in [0.1, 0.15) is 6.92 Å². The molecule has 0 aliphatic carbocycles. The number of carbonyl (C=O) groups excluding carboxylic acids is 1. The maximum Gasteiger partial charge on any atom is 0.243 e. The predicted octanol–water partition coefficient (Wildman–Crippen LogP) is 1.83. The van der Waals surface area contributed by atoms with Crippen LogP contribution in [0.15, 0.2) is 32.9 Å². The maximum atomic E-state index is 13.4. The molecule has 0 saturated carbocycles. The van der Waals surface area contributed by atoms with Crippen molar-refractivity contribution in [1.29, 1.82) is 0 Å². The Morgan fingerprint density at radius 1 is 1.22 bits per heavy atom. The van der Waals surface area contributed by atoms with E-state index in [0.717, 1.165) is 12.1 Å². The highest BCUT2D eigenvalue weighted by atomic mass is 32.2. The van der Waals surface area contributed by atoms with E-state index in [4.69, 9.17) is 0 Å². The van der Waals surface area contributed by atoms with E-state index < -0.39 is 21.7 Å². The van der Waals surface area contributed by atoms with Gasteiger partial charge in [-0.2, -0.15) is 4.31 Å². The Balaban J connectivity index is 1.62. The number of piperazine rings is 1. The second-order valence-electron chi connectivity index (χ2n) is 5.77. The number of halogens is 2. The summed E-state index contributed by atoms with van der Waals surface area (Å²) >= 11 is 2.65. The molecule has 146 valence electrons. The second-order valence-corrected chi connectivity index (χ2v) is 10.1. The molecule has 27 heavy (non-hydrogen) atoms. The highest BCUT2D eigenvalue weighted by molar-refractivity contribution is 8.02. The molecule has 1 aliphatic rings. The molecule has 3 rings (SSSR count). The van der Waals surface area contributed by atoms with Crippen molar-refractivity contribution in [3.05, 3.63) is 35.3 Å². The van der Waals surface area contributed by atoms with Crippen LogP contribution < -0.4 is 0 Å². The predicted molar refractivity (Wildman–Crippen MR) is 96.9 cm³/mol. The van der Waals surface area contributed by atoms with Crippen molar-refractivity contribution in [2.75, 3.05) is 26.2 Å². The van der Waals surface area contributed by atoms with Gasteiger partial charge in [-0.15, -0.1) is 10.2 Å². The van der Waals surface area contributed by atoms with Crippen LogP contribution in [-0.2, 0) is 14.8 Å². The molecule has 0 N–H and O–H groups in total. The largest absolute Gasteiger partial charge is 0.339 e. The number of hydrogen-bond acceptors (Lipinski definition) is 7. The van der Waals surface area contributed by atoms with Gasteiger partial charge in [0.15, 0.2) is 16.0 Å². The molecule has 0 bridgehead atoms. The first-order valence-corrected chi connectivity index (χ1v) is 11.2. The van der Waals surface area contributed by atoms with Crippen molar-refractivity contribution in [1.82, 2.24) is 19.4 Å².